The summed E-state index contributed by atoms with van der Waals surface area (Å²) in [4.78, 5) is 17.3. The van der Waals surface area contributed by atoms with Gasteiger partial charge in [-0.1, -0.05) is 18.2 Å². The highest BCUT2D eigenvalue weighted by Gasteiger charge is 2.03. The number of rotatable bonds is 1. The SMILES string of the molecule is CC(=NC(=O)c1ccccc1)N(C)C. The molecule has 0 saturated heterocycles. The fourth-order valence-corrected chi connectivity index (χ4v) is 0.892. The molecule has 3 heteroatoms. The van der Waals surface area contributed by atoms with Crippen molar-refractivity contribution in [2.45, 2.75) is 6.92 Å². The summed E-state index contributed by atoms with van der Waals surface area (Å²) in [5.41, 5.74) is 0.619. The lowest BCUT2D eigenvalue weighted by Gasteiger charge is -2.09. The number of aliphatic imine (C=N–C) groups is 1. The van der Waals surface area contributed by atoms with Crippen LogP contribution in [-0.4, -0.2) is 30.7 Å². The summed E-state index contributed by atoms with van der Waals surface area (Å²) < 4.78 is 0. The van der Waals surface area contributed by atoms with Crippen molar-refractivity contribution in [2.24, 2.45) is 4.99 Å². The molecule has 14 heavy (non-hydrogen) atoms. The molecule has 0 unspecified atom stereocenters. The lowest BCUT2D eigenvalue weighted by Crippen LogP contribution is -2.19. The summed E-state index contributed by atoms with van der Waals surface area (Å²) in [7, 11) is 3.72. The van der Waals surface area contributed by atoms with Crippen molar-refractivity contribution in [3.8, 4) is 0 Å². The van der Waals surface area contributed by atoms with Crippen LogP contribution < -0.4 is 0 Å². The molecule has 1 aromatic rings. The van der Waals surface area contributed by atoms with Gasteiger partial charge in [-0.2, -0.15) is 4.99 Å². The third-order valence-corrected chi connectivity index (χ3v) is 1.93. The van der Waals surface area contributed by atoms with Crippen LogP contribution in [0.5, 0.6) is 0 Å². The third kappa shape index (κ3) is 2.69. The van der Waals surface area contributed by atoms with E-state index in [-0.39, 0.29) is 5.91 Å². The molecule has 1 rings (SSSR count). The van der Waals surface area contributed by atoms with E-state index >= 15 is 0 Å². The molecule has 0 heterocycles. The van der Waals surface area contributed by atoms with Crippen LogP contribution in [0.1, 0.15) is 17.3 Å². The Morgan fingerprint density at radius 3 is 2.29 bits per heavy atom. The van der Waals surface area contributed by atoms with Gasteiger partial charge in [0.15, 0.2) is 0 Å². The minimum Gasteiger partial charge on any atom is -0.366 e. The Morgan fingerprint density at radius 1 is 1.21 bits per heavy atom. The van der Waals surface area contributed by atoms with Crippen LogP contribution in [0.2, 0.25) is 0 Å². The van der Waals surface area contributed by atoms with Gasteiger partial charge in [0, 0.05) is 19.7 Å². The Bertz CT molecular complexity index is 342. The van der Waals surface area contributed by atoms with Crippen molar-refractivity contribution in [3.05, 3.63) is 35.9 Å². The maximum atomic E-state index is 11.5. The average Bonchev–Trinajstić information content (AvgIpc) is 2.19. The molecule has 74 valence electrons. The van der Waals surface area contributed by atoms with Crippen molar-refractivity contribution in [1.82, 2.24) is 4.90 Å². The molecule has 0 aromatic heterocycles. The fraction of sp³-hybridized carbons (Fsp3) is 0.273. The van der Waals surface area contributed by atoms with E-state index in [1.807, 2.05) is 32.3 Å². The minimum absolute atomic E-state index is 0.197. The Kier molecular flexibility index (Phi) is 3.40. The lowest BCUT2D eigenvalue weighted by molar-refractivity contribution is 0.100. The number of carbonyl (C=O) groups excluding carboxylic acids is 1. The number of amidine groups is 1. The Labute approximate surface area is 84.1 Å². The van der Waals surface area contributed by atoms with Gasteiger partial charge < -0.3 is 4.90 Å². The number of benzene rings is 1. The molecule has 0 N–H and O–H groups in total. The standard InChI is InChI=1S/C11H14N2O/c1-9(13(2)3)12-11(14)10-7-5-4-6-8-10/h4-8H,1-3H3. The van der Waals surface area contributed by atoms with Gasteiger partial charge in [0.1, 0.15) is 5.84 Å². The largest absolute Gasteiger partial charge is 0.366 e. The van der Waals surface area contributed by atoms with Crippen LogP contribution in [0.3, 0.4) is 0 Å². The number of carbonyl (C=O) groups is 1. The zero-order valence-corrected chi connectivity index (χ0v) is 8.69. The van der Waals surface area contributed by atoms with E-state index < -0.39 is 0 Å². The zero-order chi connectivity index (χ0) is 10.6. The van der Waals surface area contributed by atoms with E-state index in [1.54, 1.807) is 24.0 Å². The van der Waals surface area contributed by atoms with E-state index in [0.717, 1.165) is 0 Å². The molecule has 0 bridgehead atoms. The molecular formula is C11H14N2O. The maximum Gasteiger partial charge on any atom is 0.278 e. The predicted octanol–water partition coefficient (Wildman–Crippen LogP) is 1.81. The number of hydrogen-bond acceptors (Lipinski definition) is 1. The minimum atomic E-state index is -0.197. The number of nitrogens with zero attached hydrogens (tertiary/aromatic N) is 2. The van der Waals surface area contributed by atoms with Crippen LogP contribution in [0.4, 0.5) is 0 Å². The highest BCUT2D eigenvalue weighted by atomic mass is 16.1. The maximum absolute atomic E-state index is 11.5. The van der Waals surface area contributed by atoms with Crippen molar-refractivity contribution < 1.29 is 4.79 Å². The highest BCUT2D eigenvalue weighted by molar-refractivity contribution is 6.02. The Hall–Kier alpha value is -1.64. The molecular weight excluding hydrogens is 176 g/mol. The van der Waals surface area contributed by atoms with E-state index in [1.165, 1.54) is 0 Å². The summed E-state index contributed by atoms with van der Waals surface area (Å²) in [6.07, 6.45) is 0. The van der Waals surface area contributed by atoms with Crippen LogP contribution in [-0.2, 0) is 0 Å². The van der Waals surface area contributed by atoms with Crippen LogP contribution in [0, 0.1) is 0 Å². The first-order valence-corrected chi connectivity index (χ1v) is 4.43. The van der Waals surface area contributed by atoms with Gasteiger partial charge in [0.05, 0.1) is 0 Å². The molecule has 0 aliphatic rings. The molecule has 0 spiro atoms. The molecule has 0 fully saturated rings. The van der Waals surface area contributed by atoms with Gasteiger partial charge in [0.25, 0.3) is 5.91 Å². The van der Waals surface area contributed by atoms with E-state index in [4.69, 9.17) is 0 Å². The summed E-state index contributed by atoms with van der Waals surface area (Å²) in [6.45, 7) is 1.81. The van der Waals surface area contributed by atoms with Gasteiger partial charge >= 0.3 is 0 Å². The molecule has 0 radical (unpaired) electrons. The smallest absolute Gasteiger partial charge is 0.278 e. The van der Waals surface area contributed by atoms with Crippen molar-refractivity contribution >= 4 is 11.7 Å². The summed E-state index contributed by atoms with van der Waals surface area (Å²) in [5, 5.41) is 0. The molecule has 0 aliphatic heterocycles. The van der Waals surface area contributed by atoms with Crippen LogP contribution in [0.25, 0.3) is 0 Å². The van der Waals surface area contributed by atoms with Gasteiger partial charge in [0.2, 0.25) is 0 Å². The van der Waals surface area contributed by atoms with Crippen molar-refractivity contribution in [2.75, 3.05) is 14.1 Å². The second kappa shape index (κ2) is 4.56. The fourth-order valence-electron chi connectivity index (χ4n) is 0.892. The zero-order valence-electron chi connectivity index (χ0n) is 8.69. The normalized spacial score (nSPS) is 11.2. The average molecular weight is 190 g/mol. The van der Waals surface area contributed by atoms with Crippen molar-refractivity contribution in [1.29, 1.82) is 0 Å². The first-order chi connectivity index (χ1) is 6.61. The quantitative estimate of drug-likeness (QED) is 0.499. The predicted molar refractivity (Wildman–Crippen MR) is 57.6 cm³/mol. The monoisotopic (exact) mass is 190 g/mol. The summed E-state index contributed by atoms with van der Waals surface area (Å²) >= 11 is 0. The third-order valence-electron chi connectivity index (χ3n) is 1.93. The molecule has 3 nitrogen and oxygen atoms in total. The Morgan fingerprint density at radius 2 is 1.79 bits per heavy atom. The van der Waals surface area contributed by atoms with E-state index in [0.29, 0.717) is 11.4 Å². The van der Waals surface area contributed by atoms with Crippen molar-refractivity contribution in [3.63, 3.8) is 0 Å². The van der Waals surface area contributed by atoms with E-state index in [2.05, 4.69) is 4.99 Å². The molecule has 0 atom stereocenters. The molecule has 1 aromatic carbocycles. The number of amides is 1. The summed E-state index contributed by atoms with van der Waals surface area (Å²) in [6, 6.07) is 9.05. The molecule has 1 amide bonds. The summed E-state index contributed by atoms with van der Waals surface area (Å²) in [5.74, 6) is 0.510. The first kappa shape index (κ1) is 10.4. The first-order valence-electron chi connectivity index (χ1n) is 4.43. The second-order valence-corrected chi connectivity index (χ2v) is 3.22. The van der Waals surface area contributed by atoms with Gasteiger partial charge in [-0.3, -0.25) is 4.79 Å². The Balaban J connectivity index is 2.83. The lowest BCUT2D eigenvalue weighted by atomic mass is 10.2. The molecule has 0 aliphatic carbocycles. The topological polar surface area (TPSA) is 32.7 Å². The van der Waals surface area contributed by atoms with Gasteiger partial charge in [-0.05, 0) is 19.1 Å². The van der Waals surface area contributed by atoms with Crippen LogP contribution in [0.15, 0.2) is 35.3 Å². The molecule has 0 saturated carbocycles. The van der Waals surface area contributed by atoms with Gasteiger partial charge in [-0.15, -0.1) is 0 Å². The van der Waals surface area contributed by atoms with E-state index in [9.17, 15) is 4.79 Å². The second-order valence-electron chi connectivity index (χ2n) is 3.22. The highest BCUT2D eigenvalue weighted by Crippen LogP contribution is 2.01. The number of hydrogen-bond donors (Lipinski definition) is 0. The van der Waals surface area contributed by atoms with Crippen LogP contribution >= 0.6 is 0 Å². The van der Waals surface area contributed by atoms with Gasteiger partial charge in [-0.25, -0.2) is 0 Å².